The average Bonchev–Trinajstić information content (AvgIpc) is 2.12. The Labute approximate surface area is 105 Å². The number of nitrogens with two attached hydrogens (primary N) is 1. The zero-order chi connectivity index (χ0) is 13.7. The van der Waals surface area contributed by atoms with Crippen LogP contribution in [-0.4, -0.2) is 35.2 Å². The molecule has 0 aromatic heterocycles. The summed E-state index contributed by atoms with van der Waals surface area (Å²) in [5.41, 5.74) is 4.45. The standard InChI is InChI=1S/C13H27NO3/c1-10(6-11(14)8-15)7-13(4,5)17-9-12(2,3)16/h8,10-11,16H,6-7,9,14H2,1-5H3. The fraction of sp³-hybridized carbons (Fsp3) is 0.923. The largest absolute Gasteiger partial charge is 0.388 e. The van der Waals surface area contributed by atoms with E-state index in [2.05, 4.69) is 6.92 Å². The molecule has 0 aliphatic rings. The van der Waals surface area contributed by atoms with Gasteiger partial charge in [0.05, 0.1) is 23.9 Å². The predicted octanol–water partition coefficient (Wildman–Crippen LogP) is 1.49. The molecule has 3 N–H and O–H groups in total. The van der Waals surface area contributed by atoms with Gasteiger partial charge in [-0.1, -0.05) is 6.92 Å². The molecule has 0 amide bonds. The van der Waals surface area contributed by atoms with Gasteiger partial charge in [0.25, 0.3) is 0 Å². The molecule has 0 aromatic rings. The van der Waals surface area contributed by atoms with Crippen molar-refractivity contribution in [2.45, 2.75) is 64.7 Å². The third kappa shape index (κ3) is 9.27. The lowest BCUT2D eigenvalue weighted by Crippen LogP contribution is -2.36. The lowest BCUT2D eigenvalue weighted by Gasteiger charge is -2.31. The first kappa shape index (κ1) is 16.6. The first-order valence-electron chi connectivity index (χ1n) is 6.13. The maximum Gasteiger partial charge on any atom is 0.136 e. The molecule has 17 heavy (non-hydrogen) atoms. The summed E-state index contributed by atoms with van der Waals surface area (Å²) < 4.78 is 5.70. The van der Waals surface area contributed by atoms with E-state index in [0.29, 0.717) is 18.9 Å². The molecule has 0 bridgehead atoms. The van der Waals surface area contributed by atoms with Crippen molar-refractivity contribution >= 4 is 6.29 Å². The lowest BCUT2D eigenvalue weighted by molar-refractivity contribution is -0.110. The van der Waals surface area contributed by atoms with Crippen LogP contribution < -0.4 is 5.73 Å². The number of ether oxygens (including phenoxy) is 1. The molecule has 0 aromatic carbocycles. The summed E-state index contributed by atoms with van der Waals surface area (Å²) >= 11 is 0. The van der Waals surface area contributed by atoms with Crippen LogP contribution in [0.2, 0.25) is 0 Å². The molecule has 4 heteroatoms. The number of aldehydes is 1. The van der Waals surface area contributed by atoms with Crippen molar-refractivity contribution in [2.24, 2.45) is 11.7 Å². The molecule has 102 valence electrons. The first-order chi connectivity index (χ1) is 7.56. The van der Waals surface area contributed by atoms with E-state index in [9.17, 15) is 9.90 Å². The van der Waals surface area contributed by atoms with E-state index in [-0.39, 0.29) is 5.60 Å². The molecular formula is C13H27NO3. The lowest BCUT2D eigenvalue weighted by atomic mass is 9.90. The second-order valence-corrected chi connectivity index (χ2v) is 6.21. The van der Waals surface area contributed by atoms with Gasteiger partial charge in [0, 0.05) is 0 Å². The Bertz CT molecular complexity index is 233. The van der Waals surface area contributed by atoms with Gasteiger partial charge in [0.2, 0.25) is 0 Å². The third-order valence-electron chi connectivity index (χ3n) is 2.51. The summed E-state index contributed by atoms with van der Waals surface area (Å²) in [4.78, 5) is 10.5. The van der Waals surface area contributed by atoms with Crippen LogP contribution in [0.5, 0.6) is 0 Å². The Morgan fingerprint density at radius 1 is 1.35 bits per heavy atom. The molecule has 0 aliphatic heterocycles. The van der Waals surface area contributed by atoms with E-state index in [4.69, 9.17) is 10.5 Å². The topological polar surface area (TPSA) is 72.6 Å². The van der Waals surface area contributed by atoms with E-state index >= 15 is 0 Å². The quantitative estimate of drug-likeness (QED) is 0.636. The van der Waals surface area contributed by atoms with Crippen molar-refractivity contribution in [3.05, 3.63) is 0 Å². The summed E-state index contributed by atoms with van der Waals surface area (Å²) in [7, 11) is 0. The molecule has 4 nitrogen and oxygen atoms in total. The van der Waals surface area contributed by atoms with E-state index in [1.807, 2.05) is 13.8 Å². The Morgan fingerprint density at radius 2 is 1.88 bits per heavy atom. The smallest absolute Gasteiger partial charge is 0.136 e. The van der Waals surface area contributed by atoms with E-state index in [1.165, 1.54) is 0 Å². The predicted molar refractivity (Wildman–Crippen MR) is 68.8 cm³/mol. The summed E-state index contributed by atoms with van der Waals surface area (Å²) in [6.07, 6.45) is 2.25. The Morgan fingerprint density at radius 3 is 2.29 bits per heavy atom. The Balaban J connectivity index is 4.10. The number of rotatable bonds is 8. The fourth-order valence-corrected chi connectivity index (χ4v) is 1.87. The minimum absolute atomic E-state index is 0.298. The van der Waals surface area contributed by atoms with Crippen LogP contribution in [0.3, 0.4) is 0 Å². The number of carbonyl (C=O) groups excluding carboxylic acids is 1. The van der Waals surface area contributed by atoms with Crippen molar-refractivity contribution in [1.82, 2.24) is 0 Å². The van der Waals surface area contributed by atoms with Crippen LogP contribution in [0.4, 0.5) is 0 Å². The van der Waals surface area contributed by atoms with Crippen LogP contribution in [0.15, 0.2) is 0 Å². The van der Waals surface area contributed by atoms with Crippen LogP contribution in [0, 0.1) is 5.92 Å². The van der Waals surface area contributed by atoms with Crippen molar-refractivity contribution in [3.8, 4) is 0 Å². The number of aliphatic hydroxyl groups is 1. The van der Waals surface area contributed by atoms with Crippen molar-refractivity contribution in [1.29, 1.82) is 0 Å². The molecule has 0 aliphatic carbocycles. The van der Waals surface area contributed by atoms with Gasteiger partial charge in [-0.2, -0.15) is 0 Å². The minimum atomic E-state index is -0.820. The highest BCUT2D eigenvalue weighted by atomic mass is 16.5. The van der Waals surface area contributed by atoms with Gasteiger partial charge in [0.15, 0.2) is 0 Å². The van der Waals surface area contributed by atoms with Crippen LogP contribution in [0.25, 0.3) is 0 Å². The molecule has 0 heterocycles. The van der Waals surface area contributed by atoms with Gasteiger partial charge in [-0.15, -0.1) is 0 Å². The summed E-state index contributed by atoms with van der Waals surface area (Å²) in [6, 6.07) is -0.393. The Hall–Kier alpha value is -0.450. The van der Waals surface area contributed by atoms with Gasteiger partial charge < -0.3 is 20.4 Å². The monoisotopic (exact) mass is 245 g/mol. The molecule has 0 radical (unpaired) electrons. The maximum absolute atomic E-state index is 10.5. The molecule has 0 fully saturated rings. The Kier molecular flexibility index (Phi) is 6.30. The molecule has 0 saturated heterocycles. The van der Waals surface area contributed by atoms with Gasteiger partial charge in [-0.05, 0) is 46.5 Å². The highest BCUT2D eigenvalue weighted by Crippen LogP contribution is 2.24. The van der Waals surface area contributed by atoms with E-state index < -0.39 is 11.6 Å². The number of hydrogen-bond donors (Lipinski definition) is 2. The summed E-state index contributed by atoms with van der Waals surface area (Å²) in [5, 5.41) is 9.61. The molecule has 0 rings (SSSR count). The first-order valence-corrected chi connectivity index (χ1v) is 6.13. The van der Waals surface area contributed by atoms with E-state index in [0.717, 1.165) is 12.7 Å². The van der Waals surface area contributed by atoms with E-state index in [1.54, 1.807) is 13.8 Å². The SMILES string of the molecule is CC(CC(N)C=O)CC(C)(C)OCC(C)(C)O. The second-order valence-electron chi connectivity index (χ2n) is 6.21. The third-order valence-corrected chi connectivity index (χ3v) is 2.51. The molecular weight excluding hydrogens is 218 g/mol. The van der Waals surface area contributed by atoms with Crippen molar-refractivity contribution in [2.75, 3.05) is 6.61 Å². The highest BCUT2D eigenvalue weighted by Gasteiger charge is 2.25. The zero-order valence-electron chi connectivity index (χ0n) is 11.7. The summed E-state index contributed by atoms with van der Waals surface area (Å²) in [5.74, 6) is 0.312. The van der Waals surface area contributed by atoms with Crippen LogP contribution in [-0.2, 0) is 9.53 Å². The zero-order valence-corrected chi connectivity index (χ0v) is 11.7. The number of carbonyl (C=O) groups is 1. The highest BCUT2D eigenvalue weighted by molar-refractivity contribution is 5.56. The molecule has 2 atom stereocenters. The van der Waals surface area contributed by atoms with Gasteiger partial charge in [0.1, 0.15) is 6.29 Å². The van der Waals surface area contributed by atoms with Crippen molar-refractivity contribution in [3.63, 3.8) is 0 Å². The average molecular weight is 245 g/mol. The van der Waals surface area contributed by atoms with Gasteiger partial charge in [-0.3, -0.25) is 0 Å². The van der Waals surface area contributed by atoms with Gasteiger partial charge in [-0.25, -0.2) is 0 Å². The maximum atomic E-state index is 10.5. The van der Waals surface area contributed by atoms with Gasteiger partial charge >= 0.3 is 0 Å². The second kappa shape index (κ2) is 6.47. The van der Waals surface area contributed by atoms with Crippen LogP contribution in [0.1, 0.15) is 47.5 Å². The fourth-order valence-electron chi connectivity index (χ4n) is 1.87. The molecule has 2 unspecified atom stereocenters. The molecule has 0 spiro atoms. The molecule has 0 saturated carbocycles. The normalized spacial score (nSPS) is 16.6. The van der Waals surface area contributed by atoms with Crippen LogP contribution >= 0.6 is 0 Å². The minimum Gasteiger partial charge on any atom is -0.388 e. The number of hydrogen-bond acceptors (Lipinski definition) is 4. The van der Waals surface area contributed by atoms with Crippen molar-refractivity contribution < 1.29 is 14.6 Å². The summed E-state index contributed by atoms with van der Waals surface area (Å²) in [6.45, 7) is 9.76.